The zero-order valence-electron chi connectivity index (χ0n) is 51.6. The minimum atomic E-state index is -0.818. The van der Waals surface area contributed by atoms with Gasteiger partial charge in [-0.2, -0.15) is 0 Å². The number of esters is 3. The molecule has 0 aromatic heterocycles. The van der Waals surface area contributed by atoms with Gasteiger partial charge in [0, 0.05) is 19.3 Å². The van der Waals surface area contributed by atoms with E-state index >= 15 is 0 Å². The fourth-order valence-electron chi connectivity index (χ4n) is 8.99. The van der Waals surface area contributed by atoms with Crippen molar-refractivity contribution in [3.05, 3.63) is 122 Å². The van der Waals surface area contributed by atoms with E-state index in [4.69, 9.17) is 14.2 Å². The van der Waals surface area contributed by atoms with Crippen LogP contribution in [0.5, 0.6) is 0 Å². The summed E-state index contributed by atoms with van der Waals surface area (Å²) in [6.07, 6.45) is 92.2. The molecule has 0 fully saturated rings. The Kier molecular flexibility index (Phi) is 62.8. The number of unbranched alkanes of at least 4 members (excludes halogenated alkanes) is 28. The van der Waals surface area contributed by atoms with Gasteiger partial charge >= 0.3 is 17.9 Å². The molecule has 79 heavy (non-hydrogen) atoms. The maximum Gasteiger partial charge on any atom is 0.306 e. The molecular formula is C73H122O6. The predicted molar refractivity (Wildman–Crippen MR) is 343 cm³/mol. The largest absolute Gasteiger partial charge is 0.462 e. The van der Waals surface area contributed by atoms with Crippen LogP contribution in [0.4, 0.5) is 0 Å². The second kappa shape index (κ2) is 66.3. The van der Waals surface area contributed by atoms with Crippen molar-refractivity contribution in [2.24, 2.45) is 0 Å². The maximum absolute atomic E-state index is 12.9. The van der Waals surface area contributed by atoms with Gasteiger partial charge < -0.3 is 14.2 Å². The molecule has 0 heterocycles. The molecule has 0 radical (unpaired) electrons. The highest BCUT2D eigenvalue weighted by Crippen LogP contribution is 2.16. The van der Waals surface area contributed by atoms with Crippen LogP contribution in [0.25, 0.3) is 0 Å². The zero-order valence-corrected chi connectivity index (χ0v) is 51.6. The van der Waals surface area contributed by atoms with Gasteiger partial charge in [0.05, 0.1) is 0 Å². The quantitative estimate of drug-likeness (QED) is 0.0261. The number of allylic oxidation sites excluding steroid dienone is 20. The zero-order chi connectivity index (χ0) is 57.1. The molecule has 0 bridgehead atoms. The molecule has 6 nitrogen and oxygen atoms in total. The van der Waals surface area contributed by atoms with Gasteiger partial charge in [0.25, 0.3) is 0 Å². The molecule has 0 aliphatic heterocycles. The molecule has 0 aliphatic carbocycles. The smallest absolute Gasteiger partial charge is 0.306 e. The van der Waals surface area contributed by atoms with Crippen molar-refractivity contribution in [2.45, 2.75) is 309 Å². The van der Waals surface area contributed by atoms with Gasteiger partial charge in [0.1, 0.15) is 13.2 Å². The second-order valence-electron chi connectivity index (χ2n) is 21.6. The topological polar surface area (TPSA) is 78.9 Å². The summed E-state index contributed by atoms with van der Waals surface area (Å²) in [5.41, 5.74) is 0. The van der Waals surface area contributed by atoms with Gasteiger partial charge in [0.15, 0.2) is 6.10 Å². The third-order valence-corrected chi connectivity index (χ3v) is 13.9. The molecule has 450 valence electrons. The Morgan fingerprint density at radius 1 is 0.266 bits per heavy atom. The average Bonchev–Trinajstić information content (AvgIpc) is 3.45. The molecule has 0 amide bonds. The van der Waals surface area contributed by atoms with Crippen molar-refractivity contribution in [3.63, 3.8) is 0 Å². The lowest BCUT2D eigenvalue weighted by Crippen LogP contribution is -2.30. The summed E-state index contributed by atoms with van der Waals surface area (Å²) < 4.78 is 16.9. The second-order valence-corrected chi connectivity index (χ2v) is 21.6. The highest BCUT2D eigenvalue weighted by molar-refractivity contribution is 5.71. The molecule has 0 aliphatic rings. The first-order chi connectivity index (χ1) is 39.0. The van der Waals surface area contributed by atoms with E-state index in [-0.39, 0.29) is 37.5 Å². The third kappa shape index (κ3) is 64.5. The highest BCUT2D eigenvalue weighted by atomic mass is 16.6. The summed E-state index contributed by atoms with van der Waals surface area (Å²) >= 11 is 0. The summed E-state index contributed by atoms with van der Waals surface area (Å²) in [6.45, 7) is 6.44. The first kappa shape index (κ1) is 74.8. The number of carbonyl (C=O) groups is 3. The number of rotatable bonds is 59. The van der Waals surface area contributed by atoms with Crippen molar-refractivity contribution < 1.29 is 28.6 Å². The standard InChI is InChI=1S/C73H122O6/c1-4-7-10-13-16-19-22-25-28-30-31-32-33-34-35-36-37-38-39-40-41-43-45-48-51-54-57-60-63-66-72(75)78-69-70(68-77-71(74)65-62-59-56-53-50-47-44-27-24-21-18-15-12-9-6-3)79-73(76)67-64-61-58-55-52-49-46-42-29-26-23-20-17-14-11-8-5-2/h8,11,17-18,20-22,25-27,29-31,33-34,44,46,49,55,58,70H,4-7,9-10,12-16,19,23-24,28,32,35-43,45,47-48,50-54,56-57,59-69H2,1-3H3/b11-8-,20-17-,21-18-,25-22-,29-26-,31-30-,34-33-,44-27-,49-46-,58-55-. The van der Waals surface area contributed by atoms with Crippen LogP contribution in [0.3, 0.4) is 0 Å². The first-order valence-electron chi connectivity index (χ1n) is 33.0. The molecule has 0 rings (SSSR count). The molecule has 0 N–H and O–H groups in total. The third-order valence-electron chi connectivity index (χ3n) is 13.9. The Balaban J connectivity index is 4.35. The van der Waals surface area contributed by atoms with E-state index in [1.165, 1.54) is 141 Å². The molecule has 1 atom stereocenters. The molecule has 0 aromatic rings. The first-order valence-corrected chi connectivity index (χ1v) is 33.0. The fourth-order valence-corrected chi connectivity index (χ4v) is 8.99. The lowest BCUT2D eigenvalue weighted by Gasteiger charge is -2.18. The summed E-state index contributed by atoms with van der Waals surface area (Å²) in [4.78, 5) is 38.3. The van der Waals surface area contributed by atoms with Crippen molar-refractivity contribution in [2.75, 3.05) is 13.2 Å². The molecule has 0 saturated heterocycles. The van der Waals surface area contributed by atoms with Gasteiger partial charge in [-0.25, -0.2) is 0 Å². The van der Waals surface area contributed by atoms with Gasteiger partial charge in [-0.3, -0.25) is 14.4 Å². The van der Waals surface area contributed by atoms with Crippen molar-refractivity contribution in [1.29, 1.82) is 0 Å². The van der Waals surface area contributed by atoms with Crippen LogP contribution in [0.1, 0.15) is 303 Å². The summed E-state index contributed by atoms with van der Waals surface area (Å²) in [7, 11) is 0. The van der Waals surface area contributed by atoms with Crippen molar-refractivity contribution in [3.8, 4) is 0 Å². The molecule has 0 aromatic carbocycles. The Hall–Kier alpha value is -4.19. The van der Waals surface area contributed by atoms with Crippen LogP contribution in [0.2, 0.25) is 0 Å². The van der Waals surface area contributed by atoms with Gasteiger partial charge in [-0.05, 0) is 128 Å². The van der Waals surface area contributed by atoms with Crippen LogP contribution < -0.4 is 0 Å². The Labute approximate surface area is 488 Å². The number of hydrogen-bond acceptors (Lipinski definition) is 6. The molecular weight excluding hydrogens is 973 g/mol. The fraction of sp³-hybridized carbons (Fsp3) is 0.685. The van der Waals surface area contributed by atoms with Crippen LogP contribution >= 0.6 is 0 Å². The summed E-state index contributed by atoms with van der Waals surface area (Å²) in [5.74, 6) is -0.976. The number of ether oxygens (including phenoxy) is 3. The van der Waals surface area contributed by atoms with Gasteiger partial charge in [-0.15, -0.1) is 0 Å². The number of carbonyl (C=O) groups excluding carboxylic acids is 3. The molecule has 0 saturated carbocycles. The average molecular weight is 1100 g/mol. The molecule has 6 heteroatoms. The SMILES string of the molecule is CC/C=C\C/C=C\C/C=C\C/C=C\C/C=C\CCCC(=O)OC(COC(=O)CCCCCCC/C=C\C/C=C\CCCCC)COC(=O)CCCCCCCCCCCCCCCC/C=C\C/C=C\C/C=C\CCCCCCC. The Morgan fingerprint density at radius 2 is 0.506 bits per heavy atom. The Bertz CT molecular complexity index is 1640. The number of hydrogen-bond donors (Lipinski definition) is 0. The van der Waals surface area contributed by atoms with Crippen LogP contribution in [0.15, 0.2) is 122 Å². The van der Waals surface area contributed by atoms with E-state index in [2.05, 4.69) is 142 Å². The summed E-state index contributed by atoms with van der Waals surface area (Å²) in [6, 6.07) is 0. The lowest BCUT2D eigenvalue weighted by molar-refractivity contribution is -0.167. The van der Waals surface area contributed by atoms with Crippen LogP contribution in [0, 0.1) is 0 Å². The van der Waals surface area contributed by atoms with E-state index in [9.17, 15) is 14.4 Å². The minimum absolute atomic E-state index is 0.107. The normalized spacial score (nSPS) is 12.9. The minimum Gasteiger partial charge on any atom is -0.462 e. The van der Waals surface area contributed by atoms with E-state index in [0.717, 1.165) is 116 Å². The maximum atomic E-state index is 12.9. The van der Waals surface area contributed by atoms with E-state index in [0.29, 0.717) is 19.3 Å². The predicted octanol–water partition coefficient (Wildman–Crippen LogP) is 22.8. The van der Waals surface area contributed by atoms with E-state index in [1.54, 1.807) is 0 Å². The van der Waals surface area contributed by atoms with Gasteiger partial charge in [-0.1, -0.05) is 277 Å². The molecule has 0 spiro atoms. The lowest BCUT2D eigenvalue weighted by atomic mass is 10.0. The van der Waals surface area contributed by atoms with Crippen LogP contribution in [-0.2, 0) is 28.6 Å². The van der Waals surface area contributed by atoms with Crippen molar-refractivity contribution >= 4 is 17.9 Å². The molecule has 1 unspecified atom stereocenters. The van der Waals surface area contributed by atoms with E-state index < -0.39 is 6.10 Å². The highest BCUT2D eigenvalue weighted by Gasteiger charge is 2.19. The van der Waals surface area contributed by atoms with Crippen LogP contribution in [-0.4, -0.2) is 37.2 Å². The van der Waals surface area contributed by atoms with Gasteiger partial charge in [0.2, 0.25) is 0 Å². The summed E-state index contributed by atoms with van der Waals surface area (Å²) in [5, 5.41) is 0. The Morgan fingerprint density at radius 3 is 0.835 bits per heavy atom. The van der Waals surface area contributed by atoms with E-state index in [1.807, 2.05) is 0 Å². The van der Waals surface area contributed by atoms with Crippen molar-refractivity contribution in [1.82, 2.24) is 0 Å². The monoisotopic (exact) mass is 1090 g/mol.